The zero-order chi connectivity index (χ0) is 14.4. The van der Waals surface area contributed by atoms with Gasteiger partial charge in [0.15, 0.2) is 0 Å². The summed E-state index contributed by atoms with van der Waals surface area (Å²) in [6.07, 6.45) is 4.09. The van der Waals surface area contributed by atoms with Gasteiger partial charge >= 0.3 is 0 Å². The summed E-state index contributed by atoms with van der Waals surface area (Å²) in [5, 5.41) is 8.84. The van der Waals surface area contributed by atoms with Crippen molar-refractivity contribution in [2.24, 2.45) is 0 Å². The van der Waals surface area contributed by atoms with Crippen molar-refractivity contribution in [1.29, 1.82) is 5.26 Å². The van der Waals surface area contributed by atoms with E-state index in [9.17, 15) is 0 Å². The van der Waals surface area contributed by atoms with Crippen LogP contribution < -0.4 is 10.6 Å². The van der Waals surface area contributed by atoms with Gasteiger partial charge in [-0.3, -0.25) is 4.98 Å². The number of rotatable bonds is 5. The van der Waals surface area contributed by atoms with Gasteiger partial charge < -0.3 is 10.6 Å². The summed E-state index contributed by atoms with van der Waals surface area (Å²) >= 11 is 0. The molecule has 4 nitrogen and oxygen atoms in total. The first-order valence-electron chi connectivity index (χ1n) is 6.58. The minimum absolute atomic E-state index is 0.481. The van der Waals surface area contributed by atoms with Crippen molar-refractivity contribution in [2.75, 3.05) is 17.2 Å². The summed E-state index contributed by atoms with van der Waals surface area (Å²) in [5.74, 6) is 0. The number of hydrogen-bond acceptors (Lipinski definition) is 4. The smallest absolute Gasteiger partial charge is 0.0640 e. The van der Waals surface area contributed by atoms with Gasteiger partial charge in [0.1, 0.15) is 0 Å². The molecule has 2 N–H and O–H groups in total. The zero-order valence-electron chi connectivity index (χ0n) is 11.6. The Morgan fingerprint density at radius 1 is 1.30 bits per heavy atom. The zero-order valence-corrected chi connectivity index (χ0v) is 11.6. The van der Waals surface area contributed by atoms with Gasteiger partial charge in [0.2, 0.25) is 0 Å². The molecule has 0 unspecified atom stereocenters. The topological polar surface area (TPSA) is 65.9 Å². The van der Waals surface area contributed by atoms with Gasteiger partial charge in [-0.2, -0.15) is 5.26 Å². The standard InChI is InChI=1S/C16H18N4/c1-13-15(18)6-2-7-16(13)20(10-4-8-17)12-14-5-3-9-19-11-14/h2-3,5-7,9,11H,4,10,12,18H2,1H3. The van der Waals surface area contributed by atoms with Crippen LogP contribution in [-0.2, 0) is 6.54 Å². The first-order valence-corrected chi connectivity index (χ1v) is 6.58. The highest BCUT2D eigenvalue weighted by molar-refractivity contribution is 5.64. The molecule has 2 aromatic rings. The maximum absolute atomic E-state index is 8.84. The van der Waals surface area contributed by atoms with Crippen LogP contribution in [0.2, 0.25) is 0 Å². The van der Waals surface area contributed by atoms with Crippen LogP contribution in [0.25, 0.3) is 0 Å². The Morgan fingerprint density at radius 3 is 2.85 bits per heavy atom. The van der Waals surface area contributed by atoms with Crippen molar-refractivity contribution in [1.82, 2.24) is 4.98 Å². The Labute approximate surface area is 119 Å². The maximum Gasteiger partial charge on any atom is 0.0640 e. The molecular weight excluding hydrogens is 248 g/mol. The van der Waals surface area contributed by atoms with E-state index in [1.54, 1.807) is 6.20 Å². The minimum atomic E-state index is 0.481. The molecule has 4 heteroatoms. The highest BCUT2D eigenvalue weighted by Gasteiger charge is 2.11. The monoisotopic (exact) mass is 266 g/mol. The Bertz CT molecular complexity index is 602. The molecule has 2 rings (SSSR count). The molecule has 20 heavy (non-hydrogen) atoms. The van der Waals surface area contributed by atoms with E-state index in [0.717, 1.165) is 29.0 Å². The summed E-state index contributed by atoms with van der Waals surface area (Å²) in [6, 6.07) is 12.0. The number of nitrogen functional groups attached to an aromatic ring is 1. The third-order valence-corrected chi connectivity index (χ3v) is 3.28. The lowest BCUT2D eigenvalue weighted by molar-refractivity contribution is 0.792. The molecule has 0 bridgehead atoms. The molecule has 0 fully saturated rings. The molecule has 0 spiro atoms. The second kappa shape index (κ2) is 6.58. The summed E-state index contributed by atoms with van der Waals surface area (Å²) in [4.78, 5) is 6.31. The van der Waals surface area contributed by atoms with E-state index in [1.807, 2.05) is 43.5 Å². The normalized spacial score (nSPS) is 10.0. The van der Waals surface area contributed by atoms with E-state index in [4.69, 9.17) is 11.0 Å². The van der Waals surface area contributed by atoms with Crippen LogP contribution in [0.15, 0.2) is 42.7 Å². The van der Waals surface area contributed by atoms with Crippen molar-refractivity contribution in [3.05, 3.63) is 53.9 Å². The van der Waals surface area contributed by atoms with Crippen molar-refractivity contribution in [3.63, 3.8) is 0 Å². The molecule has 1 aromatic carbocycles. The van der Waals surface area contributed by atoms with E-state index in [1.165, 1.54) is 0 Å². The average molecular weight is 266 g/mol. The Balaban J connectivity index is 2.28. The molecule has 0 aliphatic heterocycles. The van der Waals surface area contributed by atoms with E-state index in [-0.39, 0.29) is 0 Å². The fourth-order valence-corrected chi connectivity index (χ4v) is 2.17. The molecule has 1 aromatic heterocycles. The number of anilines is 2. The van der Waals surface area contributed by atoms with Crippen LogP contribution in [-0.4, -0.2) is 11.5 Å². The second-order valence-corrected chi connectivity index (χ2v) is 4.68. The first-order chi connectivity index (χ1) is 9.72. The number of nitriles is 1. The van der Waals surface area contributed by atoms with Gasteiger partial charge in [0.05, 0.1) is 12.5 Å². The Morgan fingerprint density at radius 2 is 2.15 bits per heavy atom. The lowest BCUT2D eigenvalue weighted by atomic mass is 10.1. The van der Waals surface area contributed by atoms with Crippen molar-refractivity contribution in [2.45, 2.75) is 19.9 Å². The summed E-state index contributed by atoms with van der Waals surface area (Å²) < 4.78 is 0. The van der Waals surface area contributed by atoms with Gasteiger partial charge in [0.25, 0.3) is 0 Å². The fraction of sp³-hybridized carbons (Fsp3) is 0.250. The molecule has 102 valence electrons. The van der Waals surface area contributed by atoms with Gasteiger partial charge in [-0.05, 0) is 36.2 Å². The lowest BCUT2D eigenvalue weighted by Crippen LogP contribution is -2.24. The number of nitrogens with two attached hydrogens (primary N) is 1. The van der Waals surface area contributed by atoms with Crippen molar-refractivity contribution in [3.8, 4) is 6.07 Å². The number of benzene rings is 1. The highest BCUT2D eigenvalue weighted by Crippen LogP contribution is 2.26. The molecular formula is C16H18N4. The third-order valence-electron chi connectivity index (χ3n) is 3.28. The minimum Gasteiger partial charge on any atom is -0.398 e. The van der Waals surface area contributed by atoms with Crippen LogP contribution in [0.3, 0.4) is 0 Å². The van der Waals surface area contributed by atoms with Gasteiger partial charge in [0, 0.05) is 36.9 Å². The van der Waals surface area contributed by atoms with E-state index >= 15 is 0 Å². The molecule has 0 saturated carbocycles. The molecule has 0 aliphatic rings. The Hall–Kier alpha value is -2.54. The lowest BCUT2D eigenvalue weighted by Gasteiger charge is -2.26. The Kier molecular flexibility index (Phi) is 4.56. The molecule has 0 saturated heterocycles. The van der Waals surface area contributed by atoms with Gasteiger partial charge in [-0.1, -0.05) is 12.1 Å². The maximum atomic E-state index is 8.84. The van der Waals surface area contributed by atoms with Gasteiger partial charge in [-0.25, -0.2) is 0 Å². The number of nitrogens with zero attached hydrogens (tertiary/aromatic N) is 3. The second-order valence-electron chi connectivity index (χ2n) is 4.68. The number of pyridine rings is 1. The average Bonchev–Trinajstić information content (AvgIpc) is 2.48. The quantitative estimate of drug-likeness (QED) is 0.845. The SMILES string of the molecule is Cc1c(N)cccc1N(CCC#N)Cc1cccnc1. The van der Waals surface area contributed by atoms with Crippen molar-refractivity contribution >= 4 is 11.4 Å². The van der Waals surface area contributed by atoms with Crippen LogP contribution in [0.4, 0.5) is 11.4 Å². The summed E-state index contributed by atoms with van der Waals surface area (Å²) in [6.45, 7) is 3.41. The molecule has 0 amide bonds. The van der Waals surface area contributed by atoms with E-state index in [0.29, 0.717) is 13.0 Å². The van der Waals surface area contributed by atoms with Crippen LogP contribution in [0.1, 0.15) is 17.5 Å². The highest BCUT2D eigenvalue weighted by atomic mass is 15.1. The molecule has 0 atom stereocenters. The first kappa shape index (κ1) is 13.9. The van der Waals surface area contributed by atoms with Crippen LogP contribution >= 0.6 is 0 Å². The van der Waals surface area contributed by atoms with Gasteiger partial charge in [-0.15, -0.1) is 0 Å². The number of aromatic nitrogens is 1. The predicted octanol–water partition coefficient (Wildman–Crippen LogP) is 2.89. The largest absolute Gasteiger partial charge is 0.398 e. The van der Waals surface area contributed by atoms with Crippen LogP contribution in [0, 0.1) is 18.3 Å². The fourth-order valence-electron chi connectivity index (χ4n) is 2.17. The molecule has 0 aliphatic carbocycles. The van der Waals surface area contributed by atoms with E-state index < -0.39 is 0 Å². The third kappa shape index (κ3) is 3.27. The molecule has 0 radical (unpaired) electrons. The molecule has 1 heterocycles. The summed E-state index contributed by atoms with van der Waals surface area (Å²) in [5.41, 5.74) is 9.99. The van der Waals surface area contributed by atoms with Crippen molar-refractivity contribution < 1.29 is 0 Å². The summed E-state index contributed by atoms with van der Waals surface area (Å²) in [7, 11) is 0. The van der Waals surface area contributed by atoms with E-state index in [2.05, 4.69) is 16.0 Å². The van der Waals surface area contributed by atoms with Crippen LogP contribution in [0.5, 0.6) is 0 Å². The predicted molar refractivity (Wildman–Crippen MR) is 81.1 cm³/mol. The number of hydrogen-bond donors (Lipinski definition) is 1.